The zero-order valence-electron chi connectivity index (χ0n) is 10.8. The number of sulfone groups is 1. The van der Waals surface area contributed by atoms with Gasteiger partial charge in [-0.15, -0.1) is 0 Å². The molecule has 2 unspecified atom stereocenters. The molecule has 2 amide bonds. The average Bonchev–Trinajstić information content (AvgIpc) is 2.70. The number of likely N-dealkylation sites (N-methyl/N-ethyl adjacent to an activating group) is 1. The molecule has 0 saturated carbocycles. The molecule has 0 radical (unpaired) electrons. The zero-order valence-corrected chi connectivity index (χ0v) is 11.6. The fourth-order valence-electron chi connectivity index (χ4n) is 2.50. The molecule has 7 nitrogen and oxygen atoms in total. The topological polar surface area (TPSA) is 92.8 Å². The van der Waals surface area contributed by atoms with Crippen molar-refractivity contribution in [2.45, 2.75) is 25.4 Å². The zero-order chi connectivity index (χ0) is 14.0. The summed E-state index contributed by atoms with van der Waals surface area (Å²) in [6.07, 6.45) is 0.462. The Balaban J connectivity index is 2.05. The van der Waals surface area contributed by atoms with Gasteiger partial charge < -0.3 is 15.0 Å². The Bertz CT molecular complexity index is 475. The Morgan fingerprint density at radius 1 is 1.53 bits per heavy atom. The van der Waals surface area contributed by atoms with E-state index in [9.17, 15) is 18.0 Å². The van der Waals surface area contributed by atoms with Crippen LogP contribution in [0.3, 0.4) is 0 Å². The smallest absolute Gasteiger partial charge is 0.247 e. The maximum Gasteiger partial charge on any atom is 0.247 e. The van der Waals surface area contributed by atoms with Gasteiger partial charge in [0.25, 0.3) is 0 Å². The lowest BCUT2D eigenvalue weighted by Crippen LogP contribution is -2.57. The first kappa shape index (κ1) is 14.3. The van der Waals surface area contributed by atoms with E-state index in [0.717, 1.165) is 0 Å². The first-order chi connectivity index (χ1) is 8.93. The highest BCUT2D eigenvalue weighted by Crippen LogP contribution is 2.18. The molecule has 0 aromatic rings. The molecule has 1 N–H and O–H groups in total. The van der Waals surface area contributed by atoms with Crippen molar-refractivity contribution < 1.29 is 22.7 Å². The molecule has 0 aromatic heterocycles. The van der Waals surface area contributed by atoms with Gasteiger partial charge in [-0.25, -0.2) is 8.42 Å². The highest BCUT2D eigenvalue weighted by atomic mass is 32.2. The lowest BCUT2D eigenvalue weighted by Gasteiger charge is -2.32. The Morgan fingerprint density at radius 3 is 2.79 bits per heavy atom. The fraction of sp³-hybridized carbons (Fsp3) is 0.818. The summed E-state index contributed by atoms with van der Waals surface area (Å²) in [5, 5.41) is 2.57. The van der Waals surface area contributed by atoms with Crippen molar-refractivity contribution in [1.29, 1.82) is 0 Å². The lowest BCUT2D eigenvalue weighted by molar-refractivity contribution is -0.145. The van der Waals surface area contributed by atoms with Crippen molar-refractivity contribution in [3.63, 3.8) is 0 Å². The molecule has 2 saturated heterocycles. The van der Waals surface area contributed by atoms with E-state index in [-0.39, 0.29) is 42.6 Å². The van der Waals surface area contributed by atoms with E-state index in [4.69, 9.17) is 4.74 Å². The maximum absolute atomic E-state index is 12.3. The minimum atomic E-state index is -3.04. The Hall–Kier alpha value is -1.15. The van der Waals surface area contributed by atoms with E-state index in [1.54, 1.807) is 6.92 Å². The molecule has 2 heterocycles. The third-order valence-electron chi connectivity index (χ3n) is 3.42. The number of ether oxygens (including phenoxy) is 1. The van der Waals surface area contributed by atoms with E-state index in [1.165, 1.54) is 4.90 Å². The molecule has 19 heavy (non-hydrogen) atoms. The number of amides is 2. The number of carbonyl (C=O) groups excluding carboxylic acids is 2. The first-order valence-corrected chi connectivity index (χ1v) is 8.13. The van der Waals surface area contributed by atoms with Crippen LogP contribution in [0.25, 0.3) is 0 Å². The first-order valence-electron chi connectivity index (χ1n) is 6.31. The molecule has 8 heteroatoms. The third kappa shape index (κ3) is 3.24. The van der Waals surface area contributed by atoms with Crippen LogP contribution in [0.5, 0.6) is 0 Å². The van der Waals surface area contributed by atoms with Gasteiger partial charge in [-0.1, -0.05) is 0 Å². The number of morpholine rings is 1. The molecule has 0 bridgehead atoms. The van der Waals surface area contributed by atoms with Crippen molar-refractivity contribution in [3.8, 4) is 0 Å². The van der Waals surface area contributed by atoms with Gasteiger partial charge in [0.05, 0.1) is 18.1 Å². The molecule has 108 valence electrons. The van der Waals surface area contributed by atoms with E-state index in [2.05, 4.69) is 5.32 Å². The van der Waals surface area contributed by atoms with Gasteiger partial charge in [-0.05, 0) is 13.3 Å². The maximum atomic E-state index is 12.3. The predicted octanol–water partition coefficient (Wildman–Crippen LogP) is -1.46. The van der Waals surface area contributed by atoms with Gasteiger partial charge in [0.2, 0.25) is 11.8 Å². The second-order valence-electron chi connectivity index (χ2n) is 4.82. The van der Waals surface area contributed by atoms with Crippen LogP contribution in [0.2, 0.25) is 0 Å². The Morgan fingerprint density at radius 2 is 2.26 bits per heavy atom. The summed E-state index contributed by atoms with van der Waals surface area (Å²) in [4.78, 5) is 25.1. The summed E-state index contributed by atoms with van der Waals surface area (Å²) in [5.74, 6) is -0.458. The molecule has 0 spiro atoms. The largest absolute Gasteiger partial charge is 0.369 e. The van der Waals surface area contributed by atoms with Gasteiger partial charge in [-0.3, -0.25) is 9.59 Å². The molecule has 0 aliphatic carbocycles. The number of hydrogen-bond acceptors (Lipinski definition) is 5. The van der Waals surface area contributed by atoms with Crippen LogP contribution in [0, 0.1) is 0 Å². The summed E-state index contributed by atoms with van der Waals surface area (Å²) < 4.78 is 28.0. The van der Waals surface area contributed by atoms with Crippen molar-refractivity contribution in [2.75, 3.05) is 31.3 Å². The SMILES string of the molecule is CCN(C(=O)C1COCC(=O)N1)C1CCS(=O)(=O)C1. The van der Waals surface area contributed by atoms with Crippen LogP contribution in [-0.4, -0.2) is 68.5 Å². The van der Waals surface area contributed by atoms with Gasteiger partial charge in [-0.2, -0.15) is 0 Å². The van der Waals surface area contributed by atoms with Crippen LogP contribution in [0.4, 0.5) is 0 Å². The average molecular weight is 290 g/mol. The standard InChI is InChI=1S/C11H18N2O5S/c1-2-13(8-3-4-19(16,17)7-8)11(15)9-5-18-6-10(14)12-9/h8-9H,2-7H2,1H3,(H,12,14). The summed E-state index contributed by atoms with van der Waals surface area (Å²) in [7, 11) is -3.04. The Kier molecular flexibility index (Phi) is 4.10. The minimum Gasteiger partial charge on any atom is -0.369 e. The van der Waals surface area contributed by atoms with E-state index >= 15 is 0 Å². The highest BCUT2D eigenvalue weighted by Gasteiger charge is 2.37. The van der Waals surface area contributed by atoms with E-state index in [0.29, 0.717) is 13.0 Å². The van der Waals surface area contributed by atoms with Crippen LogP contribution in [0.15, 0.2) is 0 Å². The normalized spacial score (nSPS) is 29.8. The molecular weight excluding hydrogens is 272 g/mol. The summed E-state index contributed by atoms with van der Waals surface area (Å²) in [5.41, 5.74) is 0. The van der Waals surface area contributed by atoms with Crippen molar-refractivity contribution >= 4 is 21.7 Å². The second-order valence-corrected chi connectivity index (χ2v) is 7.05. The summed E-state index contributed by atoms with van der Waals surface area (Å²) in [6, 6.07) is -0.995. The second kappa shape index (κ2) is 5.46. The molecule has 2 aliphatic heterocycles. The number of carbonyl (C=O) groups is 2. The van der Waals surface area contributed by atoms with E-state index < -0.39 is 15.9 Å². The number of nitrogens with zero attached hydrogens (tertiary/aromatic N) is 1. The molecule has 2 aliphatic rings. The number of rotatable bonds is 3. The molecule has 2 rings (SSSR count). The van der Waals surface area contributed by atoms with Crippen LogP contribution >= 0.6 is 0 Å². The minimum absolute atomic E-state index is 0.00804. The van der Waals surface area contributed by atoms with Crippen LogP contribution in [0.1, 0.15) is 13.3 Å². The number of nitrogens with one attached hydrogen (secondary N) is 1. The molecular formula is C11H18N2O5S. The number of hydrogen-bond donors (Lipinski definition) is 1. The molecule has 2 atom stereocenters. The van der Waals surface area contributed by atoms with Crippen molar-refractivity contribution in [3.05, 3.63) is 0 Å². The van der Waals surface area contributed by atoms with Crippen LogP contribution in [-0.2, 0) is 24.2 Å². The van der Waals surface area contributed by atoms with Crippen molar-refractivity contribution in [1.82, 2.24) is 10.2 Å². The van der Waals surface area contributed by atoms with E-state index in [1.807, 2.05) is 0 Å². The van der Waals surface area contributed by atoms with Gasteiger partial charge in [0, 0.05) is 12.6 Å². The lowest BCUT2D eigenvalue weighted by atomic mass is 10.1. The summed E-state index contributed by atoms with van der Waals surface area (Å²) in [6.45, 7) is 2.33. The van der Waals surface area contributed by atoms with Crippen LogP contribution < -0.4 is 5.32 Å². The van der Waals surface area contributed by atoms with Gasteiger partial charge >= 0.3 is 0 Å². The monoisotopic (exact) mass is 290 g/mol. The van der Waals surface area contributed by atoms with Gasteiger partial charge in [0.1, 0.15) is 12.6 Å². The summed E-state index contributed by atoms with van der Waals surface area (Å²) >= 11 is 0. The molecule has 0 aromatic carbocycles. The Labute approximate surface area is 112 Å². The quantitative estimate of drug-likeness (QED) is 0.685. The predicted molar refractivity (Wildman–Crippen MR) is 67.2 cm³/mol. The van der Waals surface area contributed by atoms with Gasteiger partial charge in [0.15, 0.2) is 9.84 Å². The van der Waals surface area contributed by atoms with Crippen molar-refractivity contribution in [2.24, 2.45) is 0 Å². The fourth-order valence-corrected chi connectivity index (χ4v) is 4.23. The third-order valence-corrected chi connectivity index (χ3v) is 5.17. The molecule has 2 fully saturated rings. The highest BCUT2D eigenvalue weighted by molar-refractivity contribution is 7.91.